The summed E-state index contributed by atoms with van der Waals surface area (Å²) in [7, 11) is 1.90. The van der Waals surface area contributed by atoms with Gasteiger partial charge < -0.3 is 10.1 Å². The van der Waals surface area contributed by atoms with Gasteiger partial charge in [0, 0.05) is 37.8 Å². The van der Waals surface area contributed by atoms with Crippen molar-refractivity contribution in [2.24, 2.45) is 11.8 Å². The molecule has 3 heteroatoms. The molecule has 3 aliphatic carbocycles. The lowest BCUT2D eigenvalue weighted by atomic mass is 9.84. The third-order valence-corrected chi connectivity index (χ3v) is 6.70. The van der Waals surface area contributed by atoms with Gasteiger partial charge in [0.2, 0.25) is 0 Å². The topological polar surface area (TPSA) is 24.5 Å². The van der Waals surface area contributed by atoms with Gasteiger partial charge in [-0.05, 0) is 70.1 Å². The summed E-state index contributed by atoms with van der Waals surface area (Å²) in [4.78, 5) is 2.93. The lowest BCUT2D eigenvalue weighted by molar-refractivity contribution is -0.0217. The molecule has 4 fully saturated rings. The van der Waals surface area contributed by atoms with Crippen LogP contribution in [0.1, 0.15) is 58.3 Å². The third kappa shape index (κ3) is 2.89. The van der Waals surface area contributed by atoms with Crippen LogP contribution in [0, 0.1) is 11.8 Å². The van der Waals surface area contributed by atoms with Crippen LogP contribution in [0.25, 0.3) is 0 Å². The van der Waals surface area contributed by atoms with E-state index in [-0.39, 0.29) is 0 Å². The van der Waals surface area contributed by atoms with Crippen molar-refractivity contribution in [1.82, 2.24) is 10.2 Å². The summed E-state index contributed by atoms with van der Waals surface area (Å²) in [6, 6.07) is 1.58. The molecular formula is C18H32N2O. The maximum absolute atomic E-state index is 5.69. The summed E-state index contributed by atoms with van der Waals surface area (Å²) < 4.78 is 5.69. The van der Waals surface area contributed by atoms with Gasteiger partial charge in [0.05, 0.1) is 6.10 Å². The number of nitrogens with zero attached hydrogens (tertiary/aromatic N) is 1. The van der Waals surface area contributed by atoms with Crippen LogP contribution in [0.2, 0.25) is 0 Å². The fourth-order valence-electron chi connectivity index (χ4n) is 4.96. The Morgan fingerprint density at radius 1 is 1.10 bits per heavy atom. The Labute approximate surface area is 129 Å². The third-order valence-electron chi connectivity index (χ3n) is 6.70. The molecule has 0 spiro atoms. The van der Waals surface area contributed by atoms with Crippen molar-refractivity contribution in [2.75, 3.05) is 20.2 Å². The number of nitrogens with one attached hydrogen (secondary N) is 1. The van der Waals surface area contributed by atoms with E-state index >= 15 is 0 Å². The Hall–Kier alpha value is -0.120. The Balaban J connectivity index is 1.50. The number of rotatable bonds is 4. The molecule has 4 rings (SSSR count). The first kappa shape index (κ1) is 14.5. The Morgan fingerprint density at radius 3 is 2.57 bits per heavy atom. The highest BCUT2D eigenvalue weighted by Gasteiger charge is 2.50. The molecule has 4 atom stereocenters. The average molecular weight is 292 g/mol. The first-order valence-corrected chi connectivity index (χ1v) is 9.23. The van der Waals surface area contributed by atoms with E-state index in [0.29, 0.717) is 11.6 Å². The van der Waals surface area contributed by atoms with Gasteiger partial charge in [-0.3, -0.25) is 4.90 Å². The van der Waals surface area contributed by atoms with Gasteiger partial charge >= 0.3 is 0 Å². The van der Waals surface area contributed by atoms with Gasteiger partial charge in [-0.25, -0.2) is 0 Å². The minimum Gasteiger partial charge on any atom is -0.381 e. The number of methoxy groups -OCH3 is 1. The van der Waals surface area contributed by atoms with Crippen LogP contribution in [0.15, 0.2) is 0 Å². The zero-order chi connectivity index (χ0) is 14.4. The molecule has 0 amide bonds. The van der Waals surface area contributed by atoms with Crippen LogP contribution in [-0.4, -0.2) is 48.8 Å². The van der Waals surface area contributed by atoms with Crippen LogP contribution in [0.4, 0.5) is 0 Å². The maximum Gasteiger partial charge on any atom is 0.0586 e. The van der Waals surface area contributed by atoms with Gasteiger partial charge in [-0.2, -0.15) is 0 Å². The van der Waals surface area contributed by atoms with E-state index in [2.05, 4.69) is 17.1 Å². The molecule has 3 saturated carbocycles. The van der Waals surface area contributed by atoms with Gasteiger partial charge in [-0.15, -0.1) is 0 Å². The smallest absolute Gasteiger partial charge is 0.0586 e. The predicted octanol–water partition coefficient (Wildman–Crippen LogP) is 2.80. The monoisotopic (exact) mass is 292 g/mol. The second-order valence-electron chi connectivity index (χ2n) is 8.33. The van der Waals surface area contributed by atoms with Gasteiger partial charge in [-0.1, -0.05) is 0 Å². The van der Waals surface area contributed by atoms with E-state index in [1.807, 2.05) is 7.11 Å². The minimum atomic E-state index is 0.380. The molecule has 4 unspecified atom stereocenters. The molecule has 0 radical (unpaired) electrons. The van der Waals surface area contributed by atoms with Gasteiger partial charge in [0.1, 0.15) is 0 Å². The molecule has 0 aromatic heterocycles. The maximum atomic E-state index is 5.69. The van der Waals surface area contributed by atoms with Crippen molar-refractivity contribution < 1.29 is 4.74 Å². The molecule has 1 saturated heterocycles. The molecule has 1 aliphatic heterocycles. The fraction of sp³-hybridized carbons (Fsp3) is 1.00. The van der Waals surface area contributed by atoms with E-state index in [1.165, 1.54) is 64.5 Å². The van der Waals surface area contributed by atoms with E-state index in [4.69, 9.17) is 4.74 Å². The average Bonchev–Trinajstić information content (AvgIpc) is 3.39. The van der Waals surface area contributed by atoms with Gasteiger partial charge in [0.25, 0.3) is 0 Å². The van der Waals surface area contributed by atoms with E-state index in [9.17, 15) is 0 Å². The standard InChI is InChI=1S/C18H32N2O/c1-18(14-8-9-14)12-20(17(11-19-18)13-6-7-13)15-4-3-5-16(10-15)21-2/h13-17,19H,3-12H2,1-2H3. The second kappa shape index (κ2) is 5.50. The van der Waals surface area contributed by atoms with E-state index < -0.39 is 0 Å². The lowest BCUT2D eigenvalue weighted by Gasteiger charge is -2.51. The molecule has 0 bridgehead atoms. The van der Waals surface area contributed by atoms with Crippen molar-refractivity contribution >= 4 is 0 Å². The fourth-order valence-corrected chi connectivity index (χ4v) is 4.96. The Morgan fingerprint density at radius 2 is 1.90 bits per heavy atom. The summed E-state index contributed by atoms with van der Waals surface area (Å²) in [6.45, 7) is 4.99. The highest BCUT2D eigenvalue weighted by Crippen LogP contribution is 2.45. The quantitative estimate of drug-likeness (QED) is 0.862. The molecular weight excluding hydrogens is 260 g/mol. The predicted molar refractivity (Wildman–Crippen MR) is 85.4 cm³/mol. The van der Waals surface area contributed by atoms with Crippen LogP contribution in [-0.2, 0) is 4.74 Å². The van der Waals surface area contributed by atoms with E-state index in [0.717, 1.165) is 23.9 Å². The molecule has 3 nitrogen and oxygen atoms in total. The molecule has 0 aromatic rings. The largest absolute Gasteiger partial charge is 0.381 e. The van der Waals surface area contributed by atoms with Crippen molar-refractivity contribution in [2.45, 2.75) is 82.0 Å². The SMILES string of the molecule is COC1CCCC(N2CC(C)(C3CC3)NCC2C2CC2)C1. The molecule has 120 valence electrons. The van der Waals surface area contributed by atoms with Crippen molar-refractivity contribution in [3.8, 4) is 0 Å². The Bertz CT molecular complexity index is 379. The molecule has 21 heavy (non-hydrogen) atoms. The first-order chi connectivity index (χ1) is 10.2. The molecule has 1 heterocycles. The number of piperazine rings is 1. The van der Waals surface area contributed by atoms with Crippen LogP contribution < -0.4 is 5.32 Å². The highest BCUT2D eigenvalue weighted by molar-refractivity contribution is 5.07. The van der Waals surface area contributed by atoms with Gasteiger partial charge in [0.15, 0.2) is 0 Å². The zero-order valence-electron chi connectivity index (χ0n) is 13.8. The summed E-state index contributed by atoms with van der Waals surface area (Å²) >= 11 is 0. The Kier molecular flexibility index (Phi) is 3.79. The highest BCUT2D eigenvalue weighted by atomic mass is 16.5. The van der Waals surface area contributed by atoms with E-state index in [1.54, 1.807) is 0 Å². The lowest BCUT2D eigenvalue weighted by Crippen LogP contribution is -2.67. The molecule has 4 aliphatic rings. The van der Waals surface area contributed by atoms with Crippen LogP contribution >= 0.6 is 0 Å². The second-order valence-corrected chi connectivity index (χ2v) is 8.33. The summed E-state index contributed by atoms with van der Waals surface area (Å²) in [5.41, 5.74) is 0.380. The van der Waals surface area contributed by atoms with Crippen molar-refractivity contribution in [3.05, 3.63) is 0 Å². The summed E-state index contributed by atoms with van der Waals surface area (Å²) in [5.74, 6) is 1.91. The molecule has 0 aromatic carbocycles. The zero-order valence-corrected chi connectivity index (χ0v) is 13.8. The minimum absolute atomic E-state index is 0.380. The number of hydrogen-bond donors (Lipinski definition) is 1. The summed E-state index contributed by atoms with van der Waals surface area (Å²) in [6.07, 6.45) is 11.6. The first-order valence-electron chi connectivity index (χ1n) is 9.23. The normalized spacial score (nSPS) is 45.7. The number of hydrogen-bond acceptors (Lipinski definition) is 3. The summed E-state index contributed by atoms with van der Waals surface area (Å²) in [5, 5.41) is 3.95. The van der Waals surface area contributed by atoms with Crippen molar-refractivity contribution in [1.29, 1.82) is 0 Å². The van der Waals surface area contributed by atoms with Crippen molar-refractivity contribution in [3.63, 3.8) is 0 Å². The van der Waals surface area contributed by atoms with Crippen LogP contribution in [0.5, 0.6) is 0 Å². The molecule has 1 N–H and O–H groups in total. The van der Waals surface area contributed by atoms with Crippen LogP contribution in [0.3, 0.4) is 0 Å². The number of ether oxygens (including phenoxy) is 1.